The van der Waals surface area contributed by atoms with Crippen molar-refractivity contribution in [3.8, 4) is 0 Å². The van der Waals surface area contributed by atoms with Crippen LogP contribution >= 0.6 is 0 Å². The van der Waals surface area contributed by atoms with Crippen LogP contribution in [-0.2, 0) is 16.6 Å². The van der Waals surface area contributed by atoms with E-state index in [1.54, 1.807) is 12.1 Å². The zero-order valence-electron chi connectivity index (χ0n) is 13.1. The zero-order valence-corrected chi connectivity index (χ0v) is 14.0. The van der Waals surface area contributed by atoms with Gasteiger partial charge in [0, 0.05) is 19.1 Å². The first kappa shape index (κ1) is 16.5. The number of hydrogen-bond donors (Lipinski definition) is 2. The molecule has 5 heteroatoms. The third kappa shape index (κ3) is 5.09. The average Bonchev–Trinajstić information content (AvgIpc) is 3.21. The van der Waals surface area contributed by atoms with Gasteiger partial charge in [0.2, 0.25) is 10.0 Å². The van der Waals surface area contributed by atoms with E-state index in [1.807, 2.05) is 13.0 Å². The van der Waals surface area contributed by atoms with Crippen LogP contribution in [0.1, 0.15) is 44.2 Å². The molecule has 0 saturated heterocycles. The van der Waals surface area contributed by atoms with Crippen LogP contribution in [0.2, 0.25) is 0 Å². The van der Waals surface area contributed by atoms with Gasteiger partial charge in [-0.1, -0.05) is 19.9 Å². The van der Waals surface area contributed by atoms with Crippen LogP contribution < -0.4 is 10.0 Å². The minimum atomic E-state index is -3.40. The van der Waals surface area contributed by atoms with Crippen molar-refractivity contribution in [3.63, 3.8) is 0 Å². The van der Waals surface area contributed by atoms with E-state index < -0.39 is 10.0 Å². The summed E-state index contributed by atoms with van der Waals surface area (Å²) in [5.41, 5.74) is 2.19. The number of aryl methyl sites for hydroxylation is 1. The summed E-state index contributed by atoms with van der Waals surface area (Å²) in [7, 11) is -3.40. The van der Waals surface area contributed by atoms with E-state index in [2.05, 4.69) is 23.9 Å². The number of hydrogen-bond acceptors (Lipinski definition) is 3. The lowest BCUT2D eigenvalue weighted by atomic mass is 10.1. The number of rotatable bonds is 8. The van der Waals surface area contributed by atoms with Crippen molar-refractivity contribution >= 4 is 10.0 Å². The van der Waals surface area contributed by atoms with Crippen molar-refractivity contribution in [3.05, 3.63) is 29.3 Å². The Labute approximate surface area is 128 Å². The number of nitrogens with one attached hydrogen (secondary N) is 2. The summed E-state index contributed by atoms with van der Waals surface area (Å²) in [5, 5.41) is 3.44. The maximum atomic E-state index is 12.3. The van der Waals surface area contributed by atoms with Crippen LogP contribution in [0.3, 0.4) is 0 Å². The molecule has 0 radical (unpaired) electrons. The van der Waals surface area contributed by atoms with Crippen LogP contribution in [0.25, 0.3) is 0 Å². The molecule has 0 unspecified atom stereocenters. The summed E-state index contributed by atoms with van der Waals surface area (Å²) in [4.78, 5) is 0.365. The molecule has 1 fully saturated rings. The van der Waals surface area contributed by atoms with E-state index in [-0.39, 0.29) is 0 Å². The van der Waals surface area contributed by atoms with Gasteiger partial charge in [0.15, 0.2) is 0 Å². The summed E-state index contributed by atoms with van der Waals surface area (Å²) in [5.74, 6) is 0.490. The summed E-state index contributed by atoms with van der Waals surface area (Å²) < 4.78 is 27.3. The number of sulfonamides is 1. The van der Waals surface area contributed by atoms with Gasteiger partial charge >= 0.3 is 0 Å². The molecule has 0 bridgehead atoms. The van der Waals surface area contributed by atoms with Gasteiger partial charge in [-0.15, -0.1) is 0 Å². The SMILES string of the molecule is Cc1ccc(S(=O)(=O)NCCC(C)C)cc1CNC1CC1. The molecule has 0 amide bonds. The highest BCUT2D eigenvalue weighted by Crippen LogP contribution is 2.21. The van der Waals surface area contributed by atoms with Crippen LogP contribution in [0, 0.1) is 12.8 Å². The van der Waals surface area contributed by atoms with E-state index >= 15 is 0 Å². The molecule has 1 aromatic rings. The fourth-order valence-electron chi connectivity index (χ4n) is 2.11. The molecule has 118 valence electrons. The standard InChI is InChI=1S/C16H26N2O2S/c1-12(2)8-9-18-21(19,20)16-7-4-13(3)14(10-16)11-17-15-5-6-15/h4,7,10,12,15,17-18H,5-6,8-9,11H2,1-3H3. The van der Waals surface area contributed by atoms with Crippen molar-refractivity contribution in [2.45, 2.75) is 57.5 Å². The van der Waals surface area contributed by atoms with Crippen LogP contribution in [-0.4, -0.2) is 21.0 Å². The lowest BCUT2D eigenvalue weighted by Crippen LogP contribution is -2.26. The smallest absolute Gasteiger partial charge is 0.240 e. The predicted molar refractivity (Wildman–Crippen MR) is 85.7 cm³/mol. The van der Waals surface area contributed by atoms with Crippen molar-refractivity contribution < 1.29 is 8.42 Å². The highest BCUT2D eigenvalue weighted by molar-refractivity contribution is 7.89. The van der Waals surface area contributed by atoms with Gasteiger partial charge in [-0.2, -0.15) is 0 Å². The molecule has 1 aliphatic carbocycles. The second-order valence-electron chi connectivity index (χ2n) is 6.32. The Hall–Kier alpha value is -0.910. The largest absolute Gasteiger partial charge is 0.310 e. The molecule has 4 nitrogen and oxygen atoms in total. The Kier molecular flexibility index (Phi) is 5.41. The lowest BCUT2D eigenvalue weighted by molar-refractivity contribution is 0.551. The molecular weight excluding hydrogens is 284 g/mol. The van der Waals surface area contributed by atoms with Crippen molar-refractivity contribution in [2.24, 2.45) is 5.92 Å². The van der Waals surface area contributed by atoms with E-state index in [4.69, 9.17) is 0 Å². The number of benzene rings is 1. The molecule has 0 aliphatic heterocycles. The Morgan fingerprint density at radius 1 is 1.29 bits per heavy atom. The minimum Gasteiger partial charge on any atom is -0.310 e. The molecule has 2 N–H and O–H groups in total. The molecule has 1 aromatic carbocycles. The fraction of sp³-hybridized carbons (Fsp3) is 0.625. The molecule has 1 saturated carbocycles. The monoisotopic (exact) mass is 310 g/mol. The summed E-state index contributed by atoms with van der Waals surface area (Å²) >= 11 is 0. The summed E-state index contributed by atoms with van der Waals surface area (Å²) in [6.45, 7) is 7.42. The van der Waals surface area contributed by atoms with Gasteiger partial charge in [0.1, 0.15) is 0 Å². The lowest BCUT2D eigenvalue weighted by Gasteiger charge is -2.12. The Morgan fingerprint density at radius 3 is 2.62 bits per heavy atom. The topological polar surface area (TPSA) is 58.2 Å². The highest BCUT2D eigenvalue weighted by Gasteiger charge is 2.21. The normalized spacial score (nSPS) is 15.6. The van der Waals surface area contributed by atoms with Gasteiger partial charge < -0.3 is 5.32 Å². The van der Waals surface area contributed by atoms with Gasteiger partial charge in [0.05, 0.1) is 4.90 Å². The average molecular weight is 310 g/mol. The van der Waals surface area contributed by atoms with Crippen molar-refractivity contribution in [1.82, 2.24) is 10.0 Å². The maximum Gasteiger partial charge on any atom is 0.240 e. The second kappa shape index (κ2) is 6.90. The third-order valence-electron chi connectivity index (χ3n) is 3.80. The predicted octanol–water partition coefficient (Wildman–Crippen LogP) is 2.57. The molecule has 0 atom stereocenters. The van der Waals surface area contributed by atoms with E-state index in [1.165, 1.54) is 12.8 Å². The highest BCUT2D eigenvalue weighted by atomic mass is 32.2. The van der Waals surface area contributed by atoms with Crippen LogP contribution in [0.5, 0.6) is 0 Å². The summed E-state index contributed by atoms with van der Waals surface area (Å²) in [6, 6.07) is 5.99. The Bertz CT molecular complexity index is 578. The van der Waals surface area contributed by atoms with Gasteiger partial charge in [-0.3, -0.25) is 0 Å². The first-order valence-electron chi connectivity index (χ1n) is 7.71. The quantitative estimate of drug-likeness (QED) is 0.776. The minimum absolute atomic E-state index is 0.365. The van der Waals surface area contributed by atoms with Crippen molar-refractivity contribution in [2.75, 3.05) is 6.54 Å². The van der Waals surface area contributed by atoms with Crippen LogP contribution in [0.4, 0.5) is 0 Å². The van der Waals surface area contributed by atoms with Gasteiger partial charge in [0.25, 0.3) is 0 Å². The molecule has 0 heterocycles. The molecule has 2 rings (SSSR count). The Balaban J connectivity index is 2.05. The molecule has 0 aromatic heterocycles. The second-order valence-corrected chi connectivity index (χ2v) is 8.09. The Morgan fingerprint density at radius 2 is 2.00 bits per heavy atom. The fourth-order valence-corrected chi connectivity index (χ4v) is 3.21. The molecule has 0 spiro atoms. The summed E-state index contributed by atoms with van der Waals surface area (Å²) in [6.07, 6.45) is 3.31. The van der Waals surface area contributed by atoms with E-state index in [0.717, 1.165) is 24.1 Å². The molecular formula is C16H26N2O2S. The van der Waals surface area contributed by atoms with E-state index in [9.17, 15) is 8.42 Å². The van der Waals surface area contributed by atoms with Gasteiger partial charge in [-0.25, -0.2) is 13.1 Å². The zero-order chi connectivity index (χ0) is 15.5. The first-order valence-corrected chi connectivity index (χ1v) is 9.19. The maximum absolute atomic E-state index is 12.3. The first-order chi connectivity index (χ1) is 9.88. The van der Waals surface area contributed by atoms with E-state index in [0.29, 0.717) is 23.4 Å². The third-order valence-corrected chi connectivity index (χ3v) is 5.26. The van der Waals surface area contributed by atoms with Gasteiger partial charge in [-0.05, 0) is 55.4 Å². The molecule has 21 heavy (non-hydrogen) atoms. The molecule has 1 aliphatic rings. The van der Waals surface area contributed by atoms with Crippen LogP contribution in [0.15, 0.2) is 23.1 Å². The van der Waals surface area contributed by atoms with Crippen molar-refractivity contribution in [1.29, 1.82) is 0 Å².